The number of nitrogens with zero attached hydrogens (tertiary/aromatic N) is 5. The highest BCUT2D eigenvalue weighted by molar-refractivity contribution is 5.73. The maximum Gasteiger partial charge on any atom is 0.315 e. The molecule has 0 aromatic carbocycles. The zero-order valence-corrected chi connectivity index (χ0v) is 14.8. The van der Waals surface area contributed by atoms with E-state index in [0.717, 1.165) is 48.8 Å². The van der Waals surface area contributed by atoms with Crippen LogP contribution in [0.4, 0.5) is 10.6 Å². The molecule has 25 heavy (non-hydrogen) atoms. The van der Waals surface area contributed by atoms with Crippen LogP contribution in [0.3, 0.4) is 0 Å². The molecule has 2 aromatic rings. The number of amides is 2. The third-order valence-electron chi connectivity index (χ3n) is 4.32. The van der Waals surface area contributed by atoms with Crippen molar-refractivity contribution in [2.24, 2.45) is 0 Å². The zero-order chi connectivity index (χ0) is 17.6. The van der Waals surface area contributed by atoms with Gasteiger partial charge in [0.25, 0.3) is 0 Å². The van der Waals surface area contributed by atoms with Crippen molar-refractivity contribution in [3.8, 4) is 0 Å². The van der Waals surface area contributed by atoms with Gasteiger partial charge in [-0.05, 0) is 18.9 Å². The second kappa shape index (κ2) is 7.96. The van der Waals surface area contributed by atoms with E-state index in [-0.39, 0.29) is 6.03 Å². The van der Waals surface area contributed by atoms with Crippen molar-refractivity contribution in [3.05, 3.63) is 35.5 Å². The second-order valence-electron chi connectivity index (χ2n) is 6.41. The van der Waals surface area contributed by atoms with Crippen molar-refractivity contribution in [2.75, 3.05) is 19.0 Å². The van der Waals surface area contributed by atoms with E-state index >= 15 is 0 Å². The van der Waals surface area contributed by atoms with Gasteiger partial charge in [-0.2, -0.15) is 0 Å². The summed E-state index contributed by atoms with van der Waals surface area (Å²) in [4.78, 5) is 18.4. The second-order valence-corrected chi connectivity index (χ2v) is 6.41. The maximum atomic E-state index is 12.1. The van der Waals surface area contributed by atoms with Crippen molar-refractivity contribution in [1.82, 2.24) is 30.4 Å². The first-order valence-corrected chi connectivity index (χ1v) is 8.69. The Balaban J connectivity index is 1.53. The summed E-state index contributed by atoms with van der Waals surface area (Å²) in [6.45, 7) is 1.74. The number of pyridine rings is 1. The van der Waals surface area contributed by atoms with Crippen LogP contribution in [0.1, 0.15) is 36.5 Å². The number of carbonyl (C=O) groups is 1. The summed E-state index contributed by atoms with van der Waals surface area (Å²) in [6.07, 6.45) is 6.23. The number of fused-ring (bicyclic) bond motifs is 1. The molecular weight excluding hydrogens is 318 g/mol. The number of hydrogen-bond donors (Lipinski definition) is 2. The maximum absolute atomic E-state index is 12.1. The van der Waals surface area contributed by atoms with Crippen molar-refractivity contribution >= 4 is 11.8 Å². The van der Waals surface area contributed by atoms with Crippen LogP contribution in [0.5, 0.6) is 0 Å². The molecule has 0 radical (unpaired) electrons. The molecule has 0 unspecified atom stereocenters. The van der Waals surface area contributed by atoms with Gasteiger partial charge in [0.15, 0.2) is 5.82 Å². The average Bonchev–Trinajstić information content (AvgIpc) is 2.84. The van der Waals surface area contributed by atoms with Crippen LogP contribution in [0.25, 0.3) is 0 Å². The molecule has 0 atom stereocenters. The van der Waals surface area contributed by atoms with Crippen molar-refractivity contribution in [1.29, 1.82) is 0 Å². The standard InChI is InChI=1S/C17H25N7O/c1-23(2)16-13(7-6-9-18-16)11-19-17(25)20-12-15-22-21-14-8-4-3-5-10-24(14)15/h6-7,9H,3-5,8,10-12H2,1-2H3,(H2,19,20,25). The molecule has 2 N–H and O–H groups in total. The van der Waals surface area contributed by atoms with Crippen LogP contribution in [0.15, 0.2) is 18.3 Å². The molecule has 0 spiro atoms. The molecule has 2 aromatic heterocycles. The number of nitrogens with one attached hydrogen (secondary N) is 2. The number of aromatic nitrogens is 4. The molecule has 2 amide bonds. The highest BCUT2D eigenvalue weighted by Crippen LogP contribution is 2.15. The zero-order valence-electron chi connectivity index (χ0n) is 14.8. The van der Waals surface area contributed by atoms with Crippen LogP contribution in [0, 0.1) is 0 Å². The molecule has 3 heterocycles. The number of anilines is 1. The topological polar surface area (TPSA) is 88.0 Å². The van der Waals surface area contributed by atoms with E-state index in [4.69, 9.17) is 0 Å². The molecular formula is C17H25N7O. The fourth-order valence-corrected chi connectivity index (χ4v) is 3.04. The van der Waals surface area contributed by atoms with Gasteiger partial charge in [-0.1, -0.05) is 12.5 Å². The van der Waals surface area contributed by atoms with Gasteiger partial charge in [-0.15, -0.1) is 10.2 Å². The first-order valence-electron chi connectivity index (χ1n) is 8.69. The molecule has 0 saturated heterocycles. The lowest BCUT2D eigenvalue weighted by atomic mass is 10.2. The first kappa shape index (κ1) is 17.2. The number of rotatable bonds is 5. The first-order chi connectivity index (χ1) is 12.1. The Hall–Kier alpha value is -2.64. The van der Waals surface area contributed by atoms with Gasteiger partial charge in [0.05, 0.1) is 6.54 Å². The fourth-order valence-electron chi connectivity index (χ4n) is 3.04. The summed E-state index contributed by atoms with van der Waals surface area (Å²) in [6, 6.07) is 3.61. The van der Waals surface area contributed by atoms with Crippen LogP contribution >= 0.6 is 0 Å². The summed E-state index contributed by atoms with van der Waals surface area (Å²) in [5.74, 6) is 2.70. The monoisotopic (exact) mass is 343 g/mol. The summed E-state index contributed by atoms with van der Waals surface area (Å²) >= 11 is 0. The van der Waals surface area contributed by atoms with Crippen LogP contribution in [-0.4, -0.2) is 39.9 Å². The molecule has 1 aliphatic heterocycles. The van der Waals surface area contributed by atoms with Crippen LogP contribution in [-0.2, 0) is 26.1 Å². The van der Waals surface area contributed by atoms with Gasteiger partial charge in [-0.3, -0.25) is 0 Å². The number of urea groups is 1. The third-order valence-corrected chi connectivity index (χ3v) is 4.32. The lowest BCUT2D eigenvalue weighted by Crippen LogP contribution is -2.35. The van der Waals surface area contributed by atoms with Gasteiger partial charge in [0.1, 0.15) is 11.6 Å². The lowest BCUT2D eigenvalue weighted by Gasteiger charge is -2.16. The quantitative estimate of drug-likeness (QED) is 0.858. The summed E-state index contributed by atoms with van der Waals surface area (Å²) < 4.78 is 2.14. The minimum absolute atomic E-state index is 0.223. The van der Waals surface area contributed by atoms with Crippen molar-refractivity contribution in [2.45, 2.75) is 45.3 Å². The van der Waals surface area contributed by atoms with E-state index in [0.29, 0.717) is 13.1 Å². The minimum atomic E-state index is -0.223. The smallest absolute Gasteiger partial charge is 0.315 e. The molecule has 3 rings (SSSR count). The van der Waals surface area contributed by atoms with E-state index in [1.54, 1.807) is 6.20 Å². The van der Waals surface area contributed by atoms with E-state index < -0.39 is 0 Å². The van der Waals surface area contributed by atoms with Crippen molar-refractivity contribution < 1.29 is 4.79 Å². The van der Waals surface area contributed by atoms with Gasteiger partial charge in [0.2, 0.25) is 0 Å². The Morgan fingerprint density at radius 3 is 2.88 bits per heavy atom. The molecule has 0 aliphatic carbocycles. The Labute approximate surface area is 147 Å². The summed E-state index contributed by atoms with van der Waals surface area (Å²) in [5, 5.41) is 14.2. The SMILES string of the molecule is CN(C)c1ncccc1CNC(=O)NCc1nnc2n1CCCCC2. The molecule has 0 bridgehead atoms. The largest absolute Gasteiger partial charge is 0.362 e. The van der Waals surface area contributed by atoms with E-state index in [2.05, 4.69) is 30.4 Å². The Bertz CT molecular complexity index is 726. The van der Waals surface area contributed by atoms with E-state index in [1.165, 1.54) is 6.42 Å². The Kier molecular flexibility index (Phi) is 5.47. The highest BCUT2D eigenvalue weighted by Gasteiger charge is 2.15. The van der Waals surface area contributed by atoms with Crippen LogP contribution in [0.2, 0.25) is 0 Å². The molecule has 8 nitrogen and oxygen atoms in total. The minimum Gasteiger partial charge on any atom is -0.362 e. The molecule has 8 heteroatoms. The van der Waals surface area contributed by atoms with E-state index in [9.17, 15) is 4.79 Å². The van der Waals surface area contributed by atoms with Crippen LogP contribution < -0.4 is 15.5 Å². The van der Waals surface area contributed by atoms with Gasteiger partial charge >= 0.3 is 6.03 Å². The van der Waals surface area contributed by atoms with Crippen molar-refractivity contribution in [3.63, 3.8) is 0 Å². The van der Waals surface area contributed by atoms with E-state index in [1.807, 2.05) is 31.1 Å². The molecule has 1 aliphatic rings. The predicted molar refractivity (Wildman–Crippen MR) is 95.2 cm³/mol. The third kappa shape index (κ3) is 4.26. The average molecular weight is 343 g/mol. The molecule has 0 fully saturated rings. The number of carbonyl (C=O) groups excluding carboxylic acids is 1. The van der Waals surface area contributed by atoms with Gasteiger partial charge < -0.3 is 20.1 Å². The van der Waals surface area contributed by atoms with Gasteiger partial charge in [0, 0.05) is 45.4 Å². The summed E-state index contributed by atoms with van der Waals surface area (Å²) in [5.41, 5.74) is 0.971. The summed E-state index contributed by atoms with van der Waals surface area (Å²) in [7, 11) is 3.87. The predicted octanol–water partition coefficient (Wildman–Crippen LogP) is 1.46. The number of hydrogen-bond acceptors (Lipinski definition) is 5. The van der Waals surface area contributed by atoms with Gasteiger partial charge in [-0.25, -0.2) is 9.78 Å². The fraction of sp³-hybridized carbons (Fsp3) is 0.529. The number of aryl methyl sites for hydroxylation is 1. The lowest BCUT2D eigenvalue weighted by molar-refractivity contribution is 0.239. The highest BCUT2D eigenvalue weighted by atomic mass is 16.2. The normalized spacial score (nSPS) is 13.7. The molecule has 0 saturated carbocycles. The molecule has 134 valence electrons. The Morgan fingerprint density at radius 2 is 2.04 bits per heavy atom. The Morgan fingerprint density at radius 1 is 1.20 bits per heavy atom.